The summed E-state index contributed by atoms with van der Waals surface area (Å²) >= 11 is 0. The average Bonchev–Trinajstić information content (AvgIpc) is 3.22. The van der Waals surface area contributed by atoms with Gasteiger partial charge in [-0.25, -0.2) is 14.2 Å². The molecule has 0 aliphatic rings. The number of amides is 2. The number of rotatable bonds is 4. The number of nitrogens with one attached hydrogen (secondary N) is 2. The molecule has 4 rings (SSSR count). The van der Waals surface area contributed by atoms with Crippen molar-refractivity contribution in [3.63, 3.8) is 0 Å². The van der Waals surface area contributed by atoms with Gasteiger partial charge in [-0.05, 0) is 48.0 Å². The SMILES string of the molecule is Cn1ccnc1C(NC(=O)Nc1cccc(C#Cc2ccccc2)c1)c1cccc(F)c1. The Bertz CT molecular complexity index is 1290. The molecular formula is C26H21FN4O. The molecule has 32 heavy (non-hydrogen) atoms. The number of carbonyl (C=O) groups excluding carboxylic acids is 1. The molecule has 6 heteroatoms. The number of hydrogen-bond acceptors (Lipinski definition) is 2. The summed E-state index contributed by atoms with van der Waals surface area (Å²) < 4.78 is 15.6. The normalized spacial score (nSPS) is 11.2. The predicted molar refractivity (Wildman–Crippen MR) is 122 cm³/mol. The fourth-order valence-corrected chi connectivity index (χ4v) is 3.28. The first-order valence-corrected chi connectivity index (χ1v) is 10.1. The number of halogens is 1. The molecule has 2 amide bonds. The lowest BCUT2D eigenvalue weighted by Gasteiger charge is -2.19. The van der Waals surface area contributed by atoms with Crippen molar-refractivity contribution in [3.05, 3.63) is 120 Å². The highest BCUT2D eigenvalue weighted by Crippen LogP contribution is 2.21. The minimum atomic E-state index is -0.619. The lowest BCUT2D eigenvalue weighted by molar-refractivity contribution is 0.249. The molecule has 0 aliphatic carbocycles. The van der Waals surface area contributed by atoms with E-state index in [0.29, 0.717) is 17.1 Å². The lowest BCUT2D eigenvalue weighted by Crippen LogP contribution is -2.34. The molecule has 158 valence electrons. The molecule has 0 saturated carbocycles. The smallest absolute Gasteiger partial charge is 0.320 e. The van der Waals surface area contributed by atoms with E-state index in [4.69, 9.17) is 0 Å². The molecular weight excluding hydrogens is 403 g/mol. The van der Waals surface area contributed by atoms with E-state index in [2.05, 4.69) is 27.5 Å². The number of aryl methyl sites for hydroxylation is 1. The Morgan fingerprint density at radius 1 is 0.969 bits per heavy atom. The van der Waals surface area contributed by atoms with Gasteiger partial charge in [0.2, 0.25) is 0 Å². The van der Waals surface area contributed by atoms with Crippen LogP contribution in [0.3, 0.4) is 0 Å². The Morgan fingerprint density at radius 2 is 1.72 bits per heavy atom. The van der Waals surface area contributed by atoms with E-state index >= 15 is 0 Å². The summed E-state index contributed by atoms with van der Waals surface area (Å²) in [4.78, 5) is 17.1. The quantitative estimate of drug-likeness (QED) is 0.459. The third-order valence-corrected chi connectivity index (χ3v) is 4.82. The number of hydrogen-bond donors (Lipinski definition) is 2. The van der Waals surface area contributed by atoms with Crippen molar-refractivity contribution in [1.82, 2.24) is 14.9 Å². The molecule has 4 aromatic rings. The van der Waals surface area contributed by atoms with Crippen molar-refractivity contribution < 1.29 is 9.18 Å². The Kier molecular flexibility index (Phi) is 6.28. The van der Waals surface area contributed by atoms with Crippen molar-refractivity contribution in [2.24, 2.45) is 7.05 Å². The van der Waals surface area contributed by atoms with Gasteiger partial charge in [-0.2, -0.15) is 0 Å². The summed E-state index contributed by atoms with van der Waals surface area (Å²) in [6.45, 7) is 0. The number of anilines is 1. The largest absolute Gasteiger partial charge is 0.336 e. The maximum atomic E-state index is 13.8. The Hall–Kier alpha value is -4.37. The molecule has 1 unspecified atom stereocenters. The minimum Gasteiger partial charge on any atom is -0.336 e. The van der Waals surface area contributed by atoms with Gasteiger partial charge in [-0.1, -0.05) is 48.2 Å². The monoisotopic (exact) mass is 424 g/mol. The van der Waals surface area contributed by atoms with Gasteiger partial charge in [0.1, 0.15) is 17.7 Å². The van der Waals surface area contributed by atoms with E-state index < -0.39 is 12.1 Å². The molecule has 0 radical (unpaired) electrons. The Labute approximate surface area is 185 Å². The van der Waals surface area contributed by atoms with Crippen LogP contribution in [0.5, 0.6) is 0 Å². The summed E-state index contributed by atoms with van der Waals surface area (Å²) in [5.41, 5.74) is 2.88. The van der Waals surface area contributed by atoms with Gasteiger partial charge in [-0.15, -0.1) is 0 Å². The lowest BCUT2D eigenvalue weighted by atomic mass is 10.1. The topological polar surface area (TPSA) is 59.0 Å². The molecule has 1 aromatic heterocycles. The van der Waals surface area contributed by atoms with Crippen LogP contribution < -0.4 is 10.6 Å². The van der Waals surface area contributed by atoms with Crippen LogP contribution in [-0.4, -0.2) is 15.6 Å². The van der Waals surface area contributed by atoms with Gasteiger partial charge in [0.25, 0.3) is 0 Å². The first-order valence-electron chi connectivity index (χ1n) is 10.1. The maximum absolute atomic E-state index is 13.8. The van der Waals surface area contributed by atoms with Gasteiger partial charge in [0, 0.05) is 36.3 Å². The van der Waals surface area contributed by atoms with Gasteiger partial charge in [0.15, 0.2) is 0 Å². The zero-order chi connectivity index (χ0) is 22.3. The number of carbonyl (C=O) groups is 1. The number of nitrogens with zero attached hydrogens (tertiary/aromatic N) is 2. The number of urea groups is 1. The van der Waals surface area contributed by atoms with Gasteiger partial charge >= 0.3 is 6.03 Å². The Morgan fingerprint density at radius 3 is 2.47 bits per heavy atom. The van der Waals surface area contributed by atoms with Crippen LogP contribution in [-0.2, 0) is 7.05 Å². The van der Waals surface area contributed by atoms with Gasteiger partial charge in [-0.3, -0.25) is 0 Å². The highest BCUT2D eigenvalue weighted by molar-refractivity contribution is 5.90. The zero-order valence-corrected chi connectivity index (χ0v) is 17.4. The fourth-order valence-electron chi connectivity index (χ4n) is 3.28. The number of benzene rings is 3. The van der Waals surface area contributed by atoms with Crippen LogP contribution in [0.4, 0.5) is 14.9 Å². The van der Waals surface area contributed by atoms with E-state index in [0.717, 1.165) is 11.1 Å². The number of imidazole rings is 1. The number of aromatic nitrogens is 2. The second-order valence-corrected chi connectivity index (χ2v) is 7.18. The highest BCUT2D eigenvalue weighted by Gasteiger charge is 2.21. The van der Waals surface area contributed by atoms with Crippen LogP contribution in [0.2, 0.25) is 0 Å². The average molecular weight is 424 g/mol. The highest BCUT2D eigenvalue weighted by atomic mass is 19.1. The molecule has 5 nitrogen and oxygen atoms in total. The second kappa shape index (κ2) is 9.63. The molecule has 1 atom stereocenters. The first kappa shape index (κ1) is 20.9. The molecule has 0 aliphatic heterocycles. The van der Waals surface area contributed by atoms with Crippen LogP contribution >= 0.6 is 0 Å². The molecule has 1 heterocycles. The van der Waals surface area contributed by atoms with Crippen molar-refractivity contribution in [1.29, 1.82) is 0 Å². The molecule has 3 aromatic carbocycles. The van der Waals surface area contributed by atoms with Crippen LogP contribution in [0.25, 0.3) is 0 Å². The standard InChI is InChI=1S/C26H21FN4O/c1-31-16-15-28-25(31)24(21-10-6-11-22(27)18-21)30-26(32)29-23-12-5-9-20(17-23)14-13-19-7-3-2-4-8-19/h2-12,15-18,24H,1H3,(H2,29,30,32). The second-order valence-electron chi connectivity index (χ2n) is 7.18. The fraction of sp³-hybridized carbons (Fsp3) is 0.0769. The summed E-state index contributed by atoms with van der Waals surface area (Å²) in [5, 5.41) is 5.72. The van der Waals surface area contributed by atoms with Crippen molar-refractivity contribution >= 4 is 11.7 Å². The molecule has 2 N–H and O–H groups in total. The third kappa shape index (κ3) is 5.21. The summed E-state index contributed by atoms with van der Waals surface area (Å²) in [5.74, 6) is 6.41. The van der Waals surface area contributed by atoms with Crippen molar-refractivity contribution in [2.75, 3.05) is 5.32 Å². The van der Waals surface area contributed by atoms with Gasteiger partial charge < -0.3 is 15.2 Å². The van der Waals surface area contributed by atoms with E-state index in [-0.39, 0.29) is 5.82 Å². The summed E-state index contributed by atoms with van der Waals surface area (Å²) in [6.07, 6.45) is 3.41. The molecule has 0 spiro atoms. The summed E-state index contributed by atoms with van der Waals surface area (Å²) in [7, 11) is 1.82. The minimum absolute atomic E-state index is 0.381. The van der Waals surface area contributed by atoms with E-state index in [1.54, 1.807) is 41.2 Å². The van der Waals surface area contributed by atoms with Crippen LogP contribution in [0.15, 0.2) is 91.3 Å². The van der Waals surface area contributed by atoms with E-state index in [1.807, 2.05) is 49.5 Å². The predicted octanol–water partition coefficient (Wildman–Crippen LogP) is 4.87. The van der Waals surface area contributed by atoms with Gasteiger partial charge in [0.05, 0.1) is 0 Å². The van der Waals surface area contributed by atoms with E-state index in [9.17, 15) is 9.18 Å². The molecule has 0 bridgehead atoms. The molecule has 0 fully saturated rings. The summed E-state index contributed by atoms with van der Waals surface area (Å²) in [6, 6.07) is 22.0. The Balaban J connectivity index is 1.52. The molecule has 0 saturated heterocycles. The van der Waals surface area contributed by atoms with Crippen LogP contribution in [0, 0.1) is 17.7 Å². The third-order valence-electron chi connectivity index (χ3n) is 4.82. The first-order chi connectivity index (χ1) is 15.6. The van der Waals surface area contributed by atoms with E-state index in [1.165, 1.54) is 12.1 Å². The maximum Gasteiger partial charge on any atom is 0.320 e. The van der Waals surface area contributed by atoms with Crippen molar-refractivity contribution in [2.45, 2.75) is 6.04 Å². The van der Waals surface area contributed by atoms with Crippen LogP contribution in [0.1, 0.15) is 28.6 Å². The van der Waals surface area contributed by atoms with Crippen molar-refractivity contribution in [3.8, 4) is 11.8 Å². The zero-order valence-electron chi connectivity index (χ0n) is 17.4.